The van der Waals surface area contributed by atoms with Crippen LogP contribution in [-0.4, -0.2) is 38.0 Å². The molecule has 2 rings (SSSR count). The van der Waals surface area contributed by atoms with Gasteiger partial charge in [-0.15, -0.1) is 0 Å². The molecule has 0 heterocycles. The highest BCUT2D eigenvalue weighted by molar-refractivity contribution is 6.39. The molecular formula is C20H20Cl2N2O6. The van der Waals surface area contributed by atoms with Crippen LogP contribution in [0.2, 0.25) is 10.0 Å². The monoisotopic (exact) mass is 454 g/mol. The predicted octanol–water partition coefficient (Wildman–Crippen LogP) is 4.07. The summed E-state index contributed by atoms with van der Waals surface area (Å²) in [5, 5.41) is 6.16. The van der Waals surface area contributed by atoms with E-state index < -0.39 is 24.8 Å². The van der Waals surface area contributed by atoms with E-state index in [0.29, 0.717) is 27.0 Å². The van der Waals surface area contributed by atoms with Crippen LogP contribution in [0.15, 0.2) is 42.5 Å². The molecule has 1 amide bonds. The Kier molecular flexibility index (Phi) is 9.24. The van der Waals surface area contributed by atoms with Crippen molar-refractivity contribution in [1.82, 2.24) is 5.32 Å². The third-order valence-corrected chi connectivity index (χ3v) is 4.30. The zero-order valence-electron chi connectivity index (χ0n) is 16.1. The summed E-state index contributed by atoms with van der Waals surface area (Å²) in [6, 6.07) is 12.2. The maximum Gasteiger partial charge on any atom is 0.410 e. The van der Waals surface area contributed by atoms with Crippen molar-refractivity contribution in [2.75, 3.05) is 25.3 Å². The van der Waals surface area contributed by atoms with Crippen molar-refractivity contribution in [2.45, 2.75) is 13.3 Å². The smallest absolute Gasteiger partial charge is 0.410 e. The van der Waals surface area contributed by atoms with Crippen LogP contribution in [0.5, 0.6) is 0 Å². The number of carbonyl (C=O) groups is 3. The van der Waals surface area contributed by atoms with Crippen LogP contribution in [0, 0.1) is 0 Å². The number of amides is 1. The molecule has 8 nitrogen and oxygen atoms in total. The third kappa shape index (κ3) is 7.46. The summed E-state index contributed by atoms with van der Waals surface area (Å²) in [6.45, 7) is 0.905. The molecule has 0 aliphatic rings. The van der Waals surface area contributed by atoms with Crippen LogP contribution in [0.25, 0.3) is 0 Å². The molecule has 0 spiro atoms. The van der Waals surface area contributed by atoms with Crippen molar-refractivity contribution < 1.29 is 28.6 Å². The van der Waals surface area contributed by atoms with Crippen LogP contribution >= 0.6 is 23.2 Å². The van der Waals surface area contributed by atoms with E-state index in [1.54, 1.807) is 49.4 Å². The van der Waals surface area contributed by atoms with Gasteiger partial charge in [0.05, 0.1) is 28.8 Å². The van der Waals surface area contributed by atoms with Crippen molar-refractivity contribution in [1.29, 1.82) is 0 Å². The molecule has 0 aromatic heterocycles. The molecule has 2 aromatic rings. The molecule has 0 aliphatic heterocycles. The van der Waals surface area contributed by atoms with Crippen molar-refractivity contribution in [3.63, 3.8) is 0 Å². The Morgan fingerprint density at radius 2 is 1.60 bits per heavy atom. The number of hydrogen-bond acceptors (Lipinski definition) is 7. The average molecular weight is 455 g/mol. The Morgan fingerprint density at radius 1 is 0.900 bits per heavy atom. The van der Waals surface area contributed by atoms with Crippen molar-refractivity contribution in [3.8, 4) is 0 Å². The first-order chi connectivity index (χ1) is 14.4. The number of hydrogen-bond donors (Lipinski definition) is 2. The van der Waals surface area contributed by atoms with Gasteiger partial charge in [-0.2, -0.15) is 0 Å². The number of esters is 2. The van der Waals surface area contributed by atoms with Gasteiger partial charge >= 0.3 is 18.0 Å². The van der Waals surface area contributed by atoms with E-state index in [2.05, 4.69) is 20.1 Å². The van der Waals surface area contributed by atoms with E-state index in [-0.39, 0.29) is 19.6 Å². The second kappa shape index (κ2) is 11.9. The molecule has 0 atom stereocenters. The zero-order chi connectivity index (χ0) is 21.9. The minimum Gasteiger partial charge on any atom is -0.465 e. The van der Waals surface area contributed by atoms with E-state index in [9.17, 15) is 14.4 Å². The van der Waals surface area contributed by atoms with Gasteiger partial charge in [0.2, 0.25) is 6.79 Å². The predicted molar refractivity (Wildman–Crippen MR) is 112 cm³/mol. The summed E-state index contributed by atoms with van der Waals surface area (Å²) >= 11 is 12.4. The second-order valence-electron chi connectivity index (χ2n) is 5.78. The van der Waals surface area contributed by atoms with E-state index in [1.807, 2.05) is 0 Å². The van der Waals surface area contributed by atoms with Crippen LogP contribution in [0.3, 0.4) is 0 Å². The van der Waals surface area contributed by atoms with Gasteiger partial charge in [0.1, 0.15) is 6.54 Å². The summed E-state index contributed by atoms with van der Waals surface area (Å²) in [5.41, 5.74) is 1.77. The topological polar surface area (TPSA) is 103 Å². The Morgan fingerprint density at radius 3 is 2.30 bits per heavy atom. The Bertz CT molecular complexity index is 886. The first-order valence-electron chi connectivity index (χ1n) is 8.91. The number of anilines is 2. The lowest BCUT2D eigenvalue weighted by atomic mass is 10.1. The normalized spacial score (nSPS) is 10.1. The standard InChI is InChI=1S/C20H20Cl2N2O6/c1-2-28-18(26)11-23-20(27)30-12-29-17(25)10-13-6-3-4-9-16(13)24-19-14(21)7-5-8-15(19)22/h3-9,24H,2,10-12H2,1H3,(H,23,27). The van der Waals surface area contributed by atoms with E-state index >= 15 is 0 Å². The highest BCUT2D eigenvalue weighted by Crippen LogP contribution is 2.33. The summed E-state index contributed by atoms with van der Waals surface area (Å²) in [6.07, 6.45) is -0.995. The number of alkyl carbamates (subject to hydrolysis) is 1. The lowest BCUT2D eigenvalue weighted by molar-refractivity contribution is -0.151. The number of halogens is 2. The second-order valence-corrected chi connectivity index (χ2v) is 6.59. The van der Waals surface area contributed by atoms with Crippen molar-refractivity contribution >= 4 is 52.6 Å². The van der Waals surface area contributed by atoms with Gasteiger partial charge in [0, 0.05) is 5.69 Å². The summed E-state index contributed by atoms with van der Waals surface area (Å²) in [7, 11) is 0. The van der Waals surface area contributed by atoms with Gasteiger partial charge in [-0.1, -0.05) is 47.5 Å². The molecule has 160 valence electrons. The van der Waals surface area contributed by atoms with Crippen LogP contribution < -0.4 is 10.6 Å². The SMILES string of the molecule is CCOC(=O)CNC(=O)OCOC(=O)Cc1ccccc1Nc1c(Cl)cccc1Cl. The van der Waals surface area contributed by atoms with Gasteiger partial charge in [-0.25, -0.2) is 4.79 Å². The van der Waals surface area contributed by atoms with Crippen LogP contribution in [0.4, 0.5) is 16.2 Å². The highest BCUT2D eigenvalue weighted by atomic mass is 35.5. The molecule has 0 saturated heterocycles. The van der Waals surface area contributed by atoms with Gasteiger partial charge < -0.3 is 24.8 Å². The van der Waals surface area contributed by atoms with Gasteiger partial charge in [-0.3, -0.25) is 9.59 Å². The number of nitrogens with one attached hydrogen (secondary N) is 2. The minimum atomic E-state index is -0.911. The van der Waals surface area contributed by atoms with Gasteiger partial charge in [0.15, 0.2) is 0 Å². The fourth-order valence-corrected chi connectivity index (χ4v) is 2.80. The highest BCUT2D eigenvalue weighted by Gasteiger charge is 2.13. The zero-order valence-corrected chi connectivity index (χ0v) is 17.6. The minimum absolute atomic E-state index is 0.0843. The number of benzene rings is 2. The third-order valence-electron chi connectivity index (χ3n) is 3.67. The van der Waals surface area contributed by atoms with Crippen molar-refractivity contribution in [2.24, 2.45) is 0 Å². The van der Waals surface area contributed by atoms with E-state index in [0.717, 1.165) is 0 Å². The molecule has 2 N–H and O–H groups in total. The fourth-order valence-electron chi connectivity index (χ4n) is 2.31. The maximum absolute atomic E-state index is 12.1. The number of rotatable bonds is 9. The average Bonchev–Trinajstić information content (AvgIpc) is 2.71. The number of para-hydroxylation sites is 2. The Balaban J connectivity index is 1.86. The van der Waals surface area contributed by atoms with E-state index in [1.165, 1.54) is 0 Å². The molecule has 10 heteroatoms. The van der Waals surface area contributed by atoms with E-state index in [4.69, 9.17) is 27.9 Å². The Hall–Kier alpha value is -2.97. The molecule has 0 radical (unpaired) electrons. The fraction of sp³-hybridized carbons (Fsp3) is 0.250. The molecule has 0 bridgehead atoms. The van der Waals surface area contributed by atoms with Crippen LogP contribution in [-0.2, 0) is 30.2 Å². The van der Waals surface area contributed by atoms with Gasteiger partial charge in [-0.05, 0) is 30.7 Å². The molecule has 0 unspecified atom stereocenters. The molecule has 2 aromatic carbocycles. The quantitative estimate of drug-likeness (QED) is 0.434. The Labute approximate surface area is 183 Å². The lowest BCUT2D eigenvalue weighted by Gasteiger charge is -2.14. The molecule has 0 fully saturated rings. The first-order valence-corrected chi connectivity index (χ1v) is 9.67. The lowest BCUT2D eigenvalue weighted by Crippen LogP contribution is -2.32. The molecule has 0 aliphatic carbocycles. The summed E-state index contributed by atoms with van der Waals surface area (Å²) in [4.78, 5) is 34.7. The molecule has 30 heavy (non-hydrogen) atoms. The number of carbonyl (C=O) groups excluding carboxylic acids is 3. The number of ether oxygens (including phenoxy) is 3. The largest absolute Gasteiger partial charge is 0.465 e. The summed E-state index contributed by atoms with van der Waals surface area (Å²) < 4.78 is 14.2. The molecule has 0 saturated carbocycles. The maximum atomic E-state index is 12.1. The van der Waals surface area contributed by atoms with Crippen LogP contribution in [0.1, 0.15) is 12.5 Å². The van der Waals surface area contributed by atoms with Crippen molar-refractivity contribution in [3.05, 3.63) is 58.1 Å². The van der Waals surface area contributed by atoms with Gasteiger partial charge in [0.25, 0.3) is 0 Å². The first kappa shape index (κ1) is 23.3. The molecular weight excluding hydrogens is 435 g/mol. The summed E-state index contributed by atoms with van der Waals surface area (Å²) in [5.74, 6) is -1.22.